The minimum absolute atomic E-state index is 0.0110. The number of nitrogens with zero attached hydrogens (tertiary/aromatic N) is 3. The molecule has 4 rings (SSSR count). The van der Waals surface area contributed by atoms with Crippen molar-refractivity contribution in [2.24, 2.45) is 0 Å². The highest BCUT2D eigenvalue weighted by molar-refractivity contribution is 6.30. The van der Waals surface area contributed by atoms with Gasteiger partial charge < -0.3 is 15.5 Å². The second-order valence-electron chi connectivity index (χ2n) is 8.87. The van der Waals surface area contributed by atoms with Crippen LogP contribution in [0.5, 0.6) is 0 Å². The van der Waals surface area contributed by atoms with Crippen LogP contribution in [0.1, 0.15) is 42.7 Å². The molecule has 3 aromatic rings. The second kappa shape index (κ2) is 11.1. The summed E-state index contributed by atoms with van der Waals surface area (Å²) in [6.45, 7) is 0. The highest BCUT2D eigenvalue weighted by Gasteiger charge is 2.28. The van der Waals surface area contributed by atoms with Crippen molar-refractivity contribution in [1.82, 2.24) is 15.3 Å². The zero-order valence-electron chi connectivity index (χ0n) is 19.3. The Morgan fingerprint density at radius 2 is 1.41 bits per heavy atom. The fraction of sp³-hybridized carbons (Fsp3) is 0.346. The molecule has 0 bridgehead atoms. The molecule has 178 valence electrons. The molecule has 0 unspecified atom stereocenters. The van der Waals surface area contributed by atoms with Crippen molar-refractivity contribution in [1.29, 1.82) is 0 Å². The molecule has 0 atom stereocenters. The predicted octanol–water partition coefficient (Wildman–Crippen LogP) is 5.52. The average molecular weight is 498 g/mol. The third-order valence-electron chi connectivity index (χ3n) is 6.17. The number of nitrogens with one attached hydrogen (secondary N) is 2. The van der Waals surface area contributed by atoms with Gasteiger partial charge in [-0.1, -0.05) is 47.5 Å². The van der Waals surface area contributed by atoms with Gasteiger partial charge >= 0.3 is 0 Å². The van der Waals surface area contributed by atoms with E-state index >= 15 is 0 Å². The lowest BCUT2D eigenvalue weighted by atomic mass is 9.88. The molecule has 2 N–H and O–H groups in total. The van der Waals surface area contributed by atoms with Crippen LogP contribution in [0.25, 0.3) is 0 Å². The maximum Gasteiger partial charge on any atom is 0.232 e. The molecule has 34 heavy (non-hydrogen) atoms. The first-order valence-corrected chi connectivity index (χ1v) is 12.2. The molecular formula is C26H29Cl2N5O. The van der Waals surface area contributed by atoms with Gasteiger partial charge in [0.15, 0.2) is 0 Å². The number of amides is 1. The Morgan fingerprint density at radius 1 is 0.882 bits per heavy atom. The van der Waals surface area contributed by atoms with Crippen molar-refractivity contribution < 1.29 is 4.79 Å². The van der Waals surface area contributed by atoms with Gasteiger partial charge in [0.25, 0.3) is 0 Å². The van der Waals surface area contributed by atoms with Gasteiger partial charge in [0.2, 0.25) is 11.9 Å². The van der Waals surface area contributed by atoms with Gasteiger partial charge in [-0.2, -0.15) is 4.98 Å². The average Bonchev–Trinajstić information content (AvgIpc) is 2.83. The van der Waals surface area contributed by atoms with E-state index < -0.39 is 5.92 Å². The molecule has 0 radical (unpaired) electrons. The molecular weight excluding hydrogens is 469 g/mol. The lowest BCUT2D eigenvalue weighted by Gasteiger charge is -2.31. The van der Waals surface area contributed by atoms with E-state index in [9.17, 15) is 4.79 Å². The van der Waals surface area contributed by atoms with Crippen LogP contribution in [-0.4, -0.2) is 42.1 Å². The topological polar surface area (TPSA) is 70.2 Å². The zero-order chi connectivity index (χ0) is 24.1. The third-order valence-corrected chi connectivity index (χ3v) is 6.68. The molecule has 0 spiro atoms. The SMILES string of the molecule is CN(C)c1ccnc(NC2CCC(NC(=O)C(c3ccc(Cl)cc3)c3ccc(Cl)cc3)CC2)n1. The quantitative estimate of drug-likeness (QED) is 0.449. The van der Waals surface area contributed by atoms with Crippen molar-refractivity contribution >= 4 is 40.9 Å². The summed E-state index contributed by atoms with van der Waals surface area (Å²) in [5.74, 6) is 1.08. The number of benzene rings is 2. The zero-order valence-corrected chi connectivity index (χ0v) is 20.9. The van der Waals surface area contributed by atoms with Gasteiger partial charge in [0, 0.05) is 42.4 Å². The smallest absolute Gasteiger partial charge is 0.232 e. The lowest BCUT2D eigenvalue weighted by molar-refractivity contribution is -0.122. The van der Waals surface area contributed by atoms with Gasteiger partial charge in [0.05, 0.1) is 5.92 Å². The van der Waals surface area contributed by atoms with Gasteiger partial charge in [-0.25, -0.2) is 4.98 Å². The minimum Gasteiger partial charge on any atom is -0.363 e. The molecule has 1 aromatic heterocycles. The van der Waals surface area contributed by atoms with Crippen molar-refractivity contribution in [3.63, 3.8) is 0 Å². The van der Waals surface area contributed by atoms with E-state index in [2.05, 4.69) is 20.6 Å². The van der Waals surface area contributed by atoms with E-state index in [-0.39, 0.29) is 18.0 Å². The Kier molecular flexibility index (Phi) is 7.91. The van der Waals surface area contributed by atoms with Crippen LogP contribution in [0.3, 0.4) is 0 Å². The van der Waals surface area contributed by atoms with Crippen LogP contribution in [0.2, 0.25) is 10.0 Å². The van der Waals surface area contributed by atoms with E-state index in [1.54, 1.807) is 6.20 Å². The fourth-order valence-corrected chi connectivity index (χ4v) is 4.57. The summed E-state index contributed by atoms with van der Waals surface area (Å²) >= 11 is 12.2. The monoisotopic (exact) mass is 497 g/mol. The van der Waals surface area contributed by atoms with E-state index in [0.29, 0.717) is 16.0 Å². The Balaban J connectivity index is 1.39. The van der Waals surface area contributed by atoms with Crippen molar-refractivity contribution in [3.8, 4) is 0 Å². The third kappa shape index (κ3) is 6.19. The Labute approximate surface area is 210 Å². The first-order valence-electron chi connectivity index (χ1n) is 11.5. The molecule has 1 aliphatic carbocycles. The molecule has 1 saturated carbocycles. The summed E-state index contributed by atoms with van der Waals surface area (Å²) in [6.07, 6.45) is 5.43. The molecule has 8 heteroatoms. The number of hydrogen-bond acceptors (Lipinski definition) is 5. The highest BCUT2D eigenvalue weighted by Crippen LogP contribution is 2.29. The molecule has 1 amide bonds. The van der Waals surface area contributed by atoms with Gasteiger partial charge in [-0.05, 0) is 67.1 Å². The maximum absolute atomic E-state index is 13.4. The number of aromatic nitrogens is 2. The first-order chi connectivity index (χ1) is 16.4. The maximum atomic E-state index is 13.4. The van der Waals surface area contributed by atoms with E-state index in [1.165, 1.54) is 0 Å². The van der Waals surface area contributed by atoms with E-state index in [4.69, 9.17) is 23.2 Å². The van der Waals surface area contributed by atoms with Crippen LogP contribution >= 0.6 is 23.2 Å². The number of halogens is 2. The first kappa shape index (κ1) is 24.3. The van der Waals surface area contributed by atoms with Crippen molar-refractivity contribution in [2.45, 2.75) is 43.7 Å². The minimum atomic E-state index is -0.424. The van der Waals surface area contributed by atoms with Crippen LogP contribution in [0.15, 0.2) is 60.8 Å². The number of carbonyl (C=O) groups excluding carboxylic acids is 1. The number of carbonyl (C=O) groups is 1. The number of hydrogen-bond donors (Lipinski definition) is 2. The van der Waals surface area contributed by atoms with Crippen LogP contribution in [0, 0.1) is 0 Å². The standard InChI is InChI=1S/C26H29Cl2N5O/c1-33(2)23-15-16-29-26(32-23)31-22-13-11-21(12-14-22)30-25(34)24(17-3-7-19(27)8-4-17)18-5-9-20(28)10-6-18/h3-10,15-16,21-22,24H,11-14H2,1-2H3,(H,30,34)(H,29,31,32). The summed E-state index contributed by atoms with van der Waals surface area (Å²) < 4.78 is 0. The molecule has 1 heterocycles. The summed E-state index contributed by atoms with van der Waals surface area (Å²) in [5.41, 5.74) is 1.80. The van der Waals surface area contributed by atoms with Gasteiger partial charge in [-0.15, -0.1) is 0 Å². The molecule has 0 saturated heterocycles. The van der Waals surface area contributed by atoms with Crippen molar-refractivity contribution in [3.05, 3.63) is 82.0 Å². The second-order valence-corrected chi connectivity index (χ2v) is 9.74. The van der Waals surface area contributed by atoms with Crippen molar-refractivity contribution in [2.75, 3.05) is 24.3 Å². The largest absolute Gasteiger partial charge is 0.363 e. The number of anilines is 2. The summed E-state index contributed by atoms with van der Waals surface area (Å²) in [6, 6.07) is 17.2. The van der Waals surface area contributed by atoms with Gasteiger partial charge in [-0.3, -0.25) is 4.79 Å². The van der Waals surface area contributed by atoms with E-state index in [0.717, 1.165) is 42.6 Å². The molecule has 2 aromatic carbocycles. The lowest BCUT2D eigenvalue weighted by Crippen LogP contribution is -2.42. The summed E-state index contributed by atoms with van der Waals surface area (Å²) in [7, 11) is 3.92. The molecule has 6 nitrogen and oxygen atoms in total. The molecule has 1 fully saturated rings. The van der Waals surface area contributed by atoms with Gasteiger partial charge in [0.1, 0.15) is 5.82 Å². The summed E-state index contributed by atoms with van der Waals surface area (Å²) in [5, 5.41) is 8.02. The van der Waals surface area contributed by atoms with Crippen LogP contribution < -0.4 is 15.5 Å². The molecule has 0 aliphatic heterocycles. The Morgan fingerprint density at radius 3 is 1.94 bits per heavy atom. The molecule has 1 aliphatic rings. The Bertz CT molecular complexity index is 1050. The Hall–Kier alpha value is -2.83. The summed E-state index contributed by atoms with van der Waals surface area (Å²) in [4.78, 5) is 24.3. The predicted molar refractivity (Wildman–Crippen MR) is 139 cm³/mol. The van der Waals surface area contributed by atoms with Crippen LogP contribution in [-0.2, 0) is 4.79 Å². The normalized spacial score (nSPS) is 17.9. The highest BCUT2D eigenvalue weighted by atomic mass is 35.5. The fourth-order valence-electron chi connectivity index (χ4n) is 4.32. The van der Waals surface area contributed by atoms with E-state index in [1.807, 2.05) is 73.6 Å². The number of rotatable bonds is 7. The van der Waals surface area contributed by atoms with Crippen LogP contribution in [0.4, 0.5) is 11.8 Å².